The van der Waals surface area contributed by atoms with Gasteiger partial charge in [0.15, 0.2) is 5.82 Å². The van der Waals surface area contributed by atoms with Gasteiger partial charge < -0.3 is 0 Å². The van der Waals surface area contributed by atoms with Gasteiger partial charge in [0.1, 0.15) is 0 Å². The van der Waals surface area contributed by atoms with Crippen LogP contribution in [0.3, 0.4) is 0 Å². The highest BCUT2D eigenvalue weighted by Crippen LogP contribution is 2.29. The molecule has 6 nitrogen and oxygen atoms in total. The molecule has 2 N–H and O–H groups in total. The standard InChI is InChI=1S/C12H15BrN4O2S/c1-3-6-17-11(15-16-12(17)20(14,18)19)9-7-8(2)4-5-10(9)13/h4-5,7H,3,6H2,1-2H3,(H2,14,18,19). The van der Waals surface area contributed by atoms with Crippen LogP contribution < -0.4 is 5.14 Å². The van der Waals surface area contributed by atoms with Gasteiger partial charge in [-0.25, -0.2) is 13.6 Å². The number of hydrogen-bond donors (Lipinski definition) is 1. The number of aromatic nitrogens is 3. The lowest BCUT2D eigenvalue weighted by molar-refractivity contribution is 0.559. The first-order valence-electron chi connectivity index (χ1n) is 6.07. The molecule has 0 aliphatic heterocycles. The lowest BCUT2D eigenvalue weighted by Crippen LogP contribution is -2.19. The van der Waals surface area contributed by atoms with Gasteiger partial charge in [0, 0.05) is 16.6 Å². The van der Waals surface area contributed by atoms with Gasteiger partial charge in [-0.3, -0.25) is 4.57 Å². The van der Waals surface area contributed by atoms with Crippen LogP contribution in [0.5, 0.6) is 0 Å². The minimum absolute atomic E-state index is 0.206. The SMILES string of the molecule is CCCn1c(-c2cc(C)ccc2Br)nnc1S(N)(=O)=O. The highest BCUT2D eigenvalue weighted by atomic mass is 79.9. The summed E-state index contributed by atoms with van der Waals surface area (Å²) in [4.78, 5) is 0. The number of nitrogens with two attached hydrogens (primary N) is 1. The summed E-state index contributed by atoms with van der Waals surface area (Å²) in [5.41, 5.74) is 1.84. The van der Waals surface area contributed by atoms with Crippen LogP contribution >= 0.6 is 15.9 Å². The van der Waals surface area contributed by atoms with E-state index in [1.165, 1.54) is 4.57 Å². The van der Waals surface area contributed by atoms with Crippen LogP contribution in [0.25, 0.3) is 11.4 Å². The Balaban J connectivity index is 2.69. The Labute approximate surface area is 126 Å². The molecule has 1 heterocycles. The number of benzene rings is 1. The zero-order valence-electron chi connectivity index (χ0n) is 11.2. The number of halogens is 1. The molecule has 0 radical (unpaired) electrons. The summed E-state index contributed by atoms with van der Waals surface area (Å²) in [7, 11) is -3.89. The second-order valence-electron chi connectivity index (χ2n) is 4.49. The van der Waals surface area contributed by atoms with Crippen molar-refractivity contribution in [3.05, 3.63) is 28.2 Å². The first-order chi connectivity index (χ1) is 9.34. The van der Waals surface area contributed by atoms with Crippen molar-refractivity contribution in [2.75, 3.05) is 0 Å². The Bertz CT molecular complexity index is 740. The molecule has 108 valence electrons. The number of sulfonamides is 1. The second kappa shape index (κ2) is 5.63. The molecule has 0 saturated carbocycles. The van der Waals surface area contributed by atoms with E-state index in [1.807, 2.05) is 32.0 Å². The fourth-order valence-corrected chi connectivity index (χ4v) is 3.00. The van der Waals surface area contributed by atoms with E-state index in [9.17, 15) is 8.42 Å². The van der Waals surface area contributed by atoms with E-state index in [2.05, 4.69) is 26.1 Å². The molecule has 1 aromatic heterocycles. The number of aryl methyl sites for hydroxylation is 1. The van der Waals surface area contributed by atoms with Gasteiger partial charge in [-0.05, 0) is 25.5 Å². The molecule has 0 bridgehead atoms. The van der Waals surface area contributed by atoms with E-state index >= 15 is 0 Å². The maximum Gasteiger partial charge on any atom is 0.273 e. The Morgan fingerprint density at radius 2 is 2.05 bits per heavy atom. The third-order valence-electron chi connectivity index (χ3n) is 2.78. The Hall–Kier alpha value is -1.25. The highest BCUT2D eigenvalue weighted by molar-refractivity contribution is 9.10. The summed E-state index contributed by atoms with van der Waals surface area (Å²) in [6, 6.07) is 5.77. The molecular weight excluding hydrogens is 344 g/mol. The zero-order chi connectivity index (χ0) is 14.9. The van der Waals surface area contributed by atoms with Crippen LogP contribution in [0, 0.1) is 6.92 Å². The number of primary sulfonamides is 1. The molecule has 2 aromatic rings. The van der Waals surface area contributed by atoms with E-state index in [0.29, 0.717) is 12.4 Å². The maximum atomic E-state index is 11.6. The molecule has 0 unspecified atom stereocenters. The van der Waals surface area contributed by atoms with Gasteiger partial charge >= 0.3 is 0 Å². The molecule has 0 saturated heterocycles. The normalized spacial score (nSPS) is 11.8. The quantitative estimate of drug-likeness (QED) is 0.905. The summed E-state index contributed by atoms with van der Waals surface area (Å²) in [6.45, 7) is 4.38. The molecule has 0 atom stereocenters. The largest absolute Gasteiger partial charge is 0.297 e. The highest BCUT2D eigenvalue weighted by Gasteiger charge is 2.22. The summed E-state index contributed by atoms with van der Waals surface area (Å²) in [5, 5.41) is 12.7. The minimum Gasteiger partial charge on any atom is -0.297 e. The van der Waals surface area contributed by atoms with Gasteiger partial charge in [-0.1, -0.05) is 34.5 Å². The van der Waals surface area contributed by atoms with Crippen LogP contribution in [0.1, 0.15) is 18.9 Å². The predicted molar refractivity (Wildman–Crippen MR) is 79.6 cm³/mol. The fraction of sp³-hybridized carbons (Fsp3) is 0.333. The monoisotopic (exact) mass is 358 g/mol. The van der Waals surface area contributed by atoms with Crippen LogP contribution in [0.4, 0.5) is 0 Å². The van der Waals surface area contributed by atoms with E-state index in [-0.39, 0.29) is 5.16 Å². The van der Waals surface area contributed by atoms with Gasteiger partial charge in [0.25, 0.3) is 15.2 Å². The van der Waals surface area contributed by atoms with Crippen molar-refractivity contribution in [1.82, 2.24) is 14.8 Å². The molecule has 0 aliphatic carbocycles. The van der Waals surface area contributed by atoms with Crippen molar-refractivity contribution in [3.63, 3.8) is 0 Å². The molecule has 0 amide bonds. The summed E-state index contributed by atoms with van der Waals surface area (Å²) in [5.74, 6) is 0.492. The number of rotatable bonds is 4. The van der Waals surface area contributed by atoms with E-state index in [1.54, 1.807) is 0 Å². The maximum absolute atomic E-state index is 11.6. The Morgan fingerprint density at radius 1 is 1.35 bits per heavy atom. The van der Waals surface area contributed by atoms with Gasteiger partial charge in [-0.2, -0.15) is 0 Å². The number of nitrogens with zero attached hydrogens (tertiary/aromatic N) is 3. The average molecular weight is 359 g/mol. The van der Waals surface area contributed by atoms with Gasteiger partial charge in [0.05, 0.1) is 0 Å². The fourth-order valence-electron chi connectivity index (χ4n) is 1.93. The predicted octanol–water partition coefficient (Wildman–Crippen LogP) is 2.07. The van der Waals surface area contributed by atoms with Crippen LogP contribution in [-0.4, -0.2) is 23.2 Å². The third kappa shape index (κ3) is 2.92. The summed E-state index contributed by atoms with van der Waals surface area (Å²) in [6.07, 6.45) is 0.747. The van der Waals surface area contributed by atoms with Crippen LogP contribution in [-0.2, 0) is 16.6 Å². The topological polar surface area (TPSA) is 90.9 Å². The van der Waals surface area contributed by atoms with Crippen molar-refractivity contribution in [2.24, 2.45) is 5.14 Å². The van der Waals surface area contributed by atoms with Crippen molar-refractivity contribution >= 4 is 26.0 Å². The van der Waals surface area contributed by atoms with Gasteiger partial charge in [0.2, 0.25) is 0 Å². The molecule has 20 heavy (non-hydrogen) atoms. The Kier molecular flexibility index (Phi) is 4.26. The molecule has 0 fully saturated rings. The Morgan fingerprint density at radius 3 is 2.65 bits per heavy atom. The van der Waals surface area contributed by atoms with Crippen molar-refractivity contribution in [3.8, 4) is 11.4 Å². The van der Waals surface area contributed by atoms with Crippen LogP contribution in [0.15, 0.2) is 27.8 Å². The van der Waals surface area contributed by atoms with Gasteiger partial charge in [-0.15, -0.1) is 10.2 Å². The molecule has 1 aromatic carbocycles. The van der Waals surface area contributed by atoms with E-state index < -0.39 is 10.0 Å². The molecule has 2 rings (SSSR count). The van der Waals surface area contributed by atoms with Crippen molar-refractivity contribution < 1.29 is 8.42 Å². The summed E-state index contributed by atoms with van der Waals surface area (Å²) < 4.78 is 25.5. The first kappa shape index (κ1) is 15.1. The smallest absolute Gasteiger partial charge is 0.273 e. The second-order valence-corrected chi connectivity index (χ2v) is 6.80. The van der Waals surface area contributed by atoms with Crippen molar-refractivity contribution in [2.45, 2.75) is 32.0 Å². The minimum atomic E-state index is -3.89. The van der Waals surface area contributed by atoms with Crippen molar-refractivity contribution in [1.29, 1.82) is 0 Å². The van der Waals surface area contributed by atoms with Crippen LogP contribution in [0.2, 0.25) is 0 Å². The lowest BCUT2D eigenvalue weighted by atomic mass is 10.1. The zero-order valence-corrected chi connectivity index (χ0v) is 13.6. The molecule has 8 heteroatoms. The number of hydrogen-bond acceptors (Lipinski definition) is 4. The molecule has 0 spiro atoms. The molecular formula is C12H15BrN4O2S. The first-order valence-corrected chi connectivity index (χ1v) is 8.41. The van der Waals surface area contributed by atoms with E-state index in [4.69, 9.17) is 5.14 Å². The average Bonchev–Trinajstić information content (AvgIpc) is 2.76. The summed E-state index contributed by atoms with van der Waals surface area (Å²) >= 11 is 3.45. The lowest BCUT2D eigenvalue weighted by Gasteiger charge is -2.09. The van der Waals surface area contributed by atoms with E-state index in [0.717, 1.165) is 22.0 Å². The third-order valence-corrected chi connectivity index (χ3v) is 4.28. The molecule has 0 aliphatic rings.